The van der Waals surface area contributed by atoms with Crippen LogP contribution in [-0.2, 0) is 6.42 Å². The first kappa shape index (κ1) is 8.75. The van der Waals surface area contributed by atoms with Gasteiger partial charge in [0.1, 0.15) is 5.82 Å². The number of fused-ring (bicyclic) bond motifs is 1. The molecule has 0 saturated carbocycles. The third-order valence-corrected chi connectivity index (χ3v) is 2.20. The van der Waals surface area contributed by atoms with Gasteiger partial charge in [0.15, 0.2) is 0 Å². The number of aromatic nitrogens is 1. The van der Waals surface area contributed by atoms with Crippen LogP contribution in [-0.4, -0.2) is 4.98 Å². The second kappa shape index (κ2) is 3.50. The number of allylic oxidation sites excluding steroid dienone is 1. The lowest BCUT2D eigenvalue weighted by Crippen LogP contribution is -1.97. The zero-order valence-corrected chi connectivity index (χ0v) is 7.90. The fourth-order valence-electron chi connectivity index (χ4n) is 1.49. The van der Waals surface area contributed by atoms with Crippen LogP contribution in [0.1, 0.15) is 5.56 Å². The number of nitrogens with zero attached hydrogens (tertiary/aromatic N) is 1. The molecule has 2 N–H and O–H groups in total. The van der Waals surface area contributed by atoms with E-state index in [0.717, 1.165) is 22.9 Å². The van der Waals surface area contributed by atoms with Crippen LogP contribution in [0.4, 0.5) is 5.82 Å². The number of anilines is 1. The van der Waals surface area contributed by atoms with E-state index < -0.39 is 0 Å². The van der Waals surface area contributed by atoms with Crippen LogP contribution < -0.4 is 5.73 Å². The first-order chi connectivity index (χ1) is 6.81. The molecule has 0 radical (unpaired) electrons. The van der Waals surface area contributed by atoms with Gasteiger partial charge in [-0.05, 0) is 24.1 Å². The minimum absolute atomic E-state index is 0.601. The predicted octanol–water partition coefficient (Wildman–Crippen LogP) is 2.55. The van der Waals surface area contributed by atoms with Crippen LogP contribution in [0.5, 0.6) is 0 Å². The summed E-state index contributed by atoms with van der Waals surface area (Å²) in [6.07, 6.45) is 2.60. The van der Waals surface area contributed by atoms with E-state index in [1.807, 2.05) is 30.3 Å². The summed E-state index contributed by atoms with van der Waals surface area (Å²) >= 11 is 0. The van der Waals surface area contributed by atoms with Crippen molar-refractivity contribution >= 4 is 16.7 Å². The SMILES string of the molecule is C=CCc1cc2ccccc2nc1N. The summed E-state index contributed by atoms with van der Waals surface area (Å²) in [6.45, 7) is 3.69. The van der Waals surface area contributed by atoms with Gasteiger partial charge in [0.05, 0.1) is 5.52 Å². The van der Waals surface area contributed by atoms with Crippen molar-refractivity contribution in [1.29, 1.82) is 0 Å². The summed E-state index contributed by atoms with van der Waals surface area (Å²) in [5, 5.41) is 1.12. The molecule has 2 heteroatoms. The van der Waals surface area contributed by atoms with Gasteiger partial charge >= 0.3 is 0 Å². The van der Waals surface area contributed by atoms with E-state index >= 15 is 0 Å². The van der Waals surface area contributed by atoms with Gasteiger partial charge in [-0.3, -0.25) is 0 Å². The zero-order chi connectivity index (χ0) is 9.97. The average Bonchev–Trinajstić information content (AvgIpc) is 2.19. The van der Waals surface area contributed by atoms with Gasteiger partial charge in [-0.2, -0.15) is 0 Å². The molecular formula is C12H12N2. The van der Waals surface area contributed by atoms with Gasteiger partial charge in [0, 0.05) is 5.39 Å². The molecule has 0 atom stereocenters. The normalized spacial score (nSPS) is 10.3. The van der Waals surface area contributed by atoms with Gasteiger partial charge in [0.25, 0.3) is 0 Å². The number of nitrogens with two attached hydrogens (primary N) is 1. The molecule has 2 aromatic rings. The Kier molecular flexibility index (Phi) is 2.19. The third-order valence-electron chi connectivity index (χ3n) is 2.20. The standard InChI is InChI=1S/C12H12N2/c1-2-5-10-8-9-6-3-4-7-11(9)14-12(10)13/h2-4,6-8H,1,5H2,(H2,13,14). The molecule has 1 aromatic heterocycles. The second-order valence-corrected chi connectivity index (χ2v) is 3.22. The van der Waals surface area contributed by atoms with Gasteiger partial charge < -0.3 is 5.73 Å². The molecule has 0 unspecified atom stereocenters. The number of hydrogen-bond acceptors (Lipinski definition) is 2. The Morgan fingerprint density at radius 2 is 2.14 bits per heavy atom. The molecule has 0 spiro atoms. The first-order valence-corrected chi connectivity index (χ1v) is 4.56. The minimum atomic E-state index is 0.601. The highest BCUT2D eigenvalue weighted by molar-refractivity contribution is 5.81. The smallest absolute Gasteiger partial charge is 0.127 e. The van der Waals surface area contributed by atoms with E-state index in [1.165, 1.54) is 0 Å². The van der Waals surface area contributed by atoms with Crippen LogP contribution in [0.25, 0.3) is 10.9 Å². The Hall–Kier alpha value is -1.83. The van der Waals surface area contributed by atoms with Gasteiger partial charge in [-0.25, -0.2) is 4.98 Å². The fraction of sp³-hybridized carbons (Fsp3) is 0.0833. The lowest BCUT2D eigenvalue weighted by molar-refractivity contribution is 1.24. The maximum Gasteiger partial charge on any atom is 0.127 e. The topological polar surface area (TPSA) is 38.9 Å². The maximum absolute atomic E-state index is 5.81. The van der Waals surface area contributed by atoms with Crippen molar-refractivity contribution in [3.8, 4) is 0 Å². The molecule has 2 rings (SSSR count). The van der Waals surface area contributed by atoms with E-state index in [0.29, 0.717) is 5.82 Å². The fourth-order valence-corrected chi connectivity index (χ4v) is 1.49. The second-order valence-electron chi connectivity index (χ2n) is 3.22. The molecule has 0 saturated heterocycles. The quantitative estimate of drug-likeness (QED) is 0.728. The van der Waals surface area contributed by atoms with Crippen molar-refractivity contribution in [1.82, 2.24) is 4.98 Å². The highest BCUT2D eigenvalue weighted by Gasteiger charge is 2.01. The van der Waals surface area contributed by atoms with Gasteiger partial charge in [0.2, 0.25) is 0 Å². The summed E-state index contributed by atoms with van der Waals surface area (Å²) < 4.78 is 0. The molecular weight excluding hydrogens is 172 g/mol. The van der Waals surface area contributed by atoms with Crippen molar-refractivity contribution in [3.05, 3.63) is 48.6 Å². The Morgan fingerprint density at radius 1 is 1.36 bits per heavy atom. The molecule has 1 heterocycles. The Morgan fingerprint density at radius 3 is 2.93 bits per heavy atom. The molecule has 0 aliphatic heterocycles. The Labute approximate surface area is 83.1 Å². The minimum Gasteiger partial charge on any atom is -0.383 e. The summed E-state index contributed by atoms with van der Waals surface area (Å²) in [7, 11) is 0. The van der Waals surface area contributed by atoms with Crippen LogP contribution in [0, 0.1) is 0 Å². The largest absolute Gasteiger partial charge is 0.383 e. The van der Waals surface area contributed by atoms with E-state index in [-0.39, 0.29) is 0 Å². The molecule has 70 valence electrons. The number of benzene rings is 1. The molecule has 14 heavy (non-hydrogen) atoms. The molecule has 0 aliphatic carbocycles. The summed E-state index contributed by atoms with van der Waals surface area (Å²) in [5.74, 6) is 0.601. The lowest BCUT2D eigenvalue weighted by atomic mass is 10.1. The molecule has 2 nitrogen and oxygen atoms in total. The number of nitrogen functional groups attached to an aromatic ring is 1. The van der Waals surface area contributed by atoms with E-state index in [2.05, 4.69) is 17.6 Å². The number of para-hydroxylation sites is 1. The molecule has 0 bridgehead atoms. The van der Waals surface area contributed by atoms with Gasteiger partial charge in [-0.1, -0.05) is 24.3 Å². The molecule has 0 amide bonds. The Balaban J connectivity index is 2.64. The van der Waals surface area contributed by atoms with Crippen molar-refractivity contribution in [3.63, 3.8) is 0 Å². The van der Waals surface area contributed by atoms with Crippen LogP contribution in [0.3, 0.4) is 0 Å². The van der Waals surface area contributed by atoms with E-state index in [4.69, 9.17) is 5.73 Å². The summed E-state index contributed by atoms with van der Waals surface area (Å²) in [6, 6.07) is 10.0. The molecule has 1 aromatic carbocycles. The lowest BCUT2D eigenvalue weighted by Gasteiger charge is -2.04. The molecule has 0 fully saturated rings. The number of rotatable bonds is 2. The monoisotopic (exact) mass is 184 g/mol. The van der Waals surface area contributed by atoms with E-state index in [9.17, 15) is 0 Å². The van der Waals surface area contributed by atoms with Crippen molar-refractivity contribution in [2.24, 2.45) is 0 Å². The third kappa shape index (κ3) is 1.46. The maximum atomic E-state index is 5.81. The van der Waals surface area contributed by atoms with E-state index in [1.54, 1.807) is 0 Å². The van der Waals surface area contributed by atoms with Crippen molar-refractivity contribution < 1.29 is 0 Å². The number of pyridine rings is 1. The van der Waals surface area contributed by atoms with Crippen LogP contribution >= 0.6 is 0 Å². The summed E-state index contributed by atoms with van der Waals surface area (Å²) in [5.41, 5.74) is 7.80. The average molecular weight is 184 g/mol. The summed E-state index contributed by atoms with van der Waals surface area (Å²) in [4.78, 5) is 4.32. The van der Waals surface area contributed by atoms with Crippen LogP contribution in [0.2, 0.25) is 0 Å². The van der Waals surface area contributed by atoms with Crippen molar-refractivity contribution in [2.45, 2.75) is 6.42 Å². The molecule has 0 aliphatic rings. The van der Waals surface area contributed by atoms with Crippen molar-refractivity contribution in [2.75, 3.05) is 5.73 Å². The first-order valence-electron chi connectivity index (χ1n) is 4.56. The van der Waals surface area contributed by atoms with Gasteiger partial charge in [-0.15, -0.1) is 6.58 Å². The predicted molar refractivity (Wildman–Crippen MR) is 60.1 cm³/mol. The highest BCUT2D eigenvalue weighted by atomic mass is 14.8. The Bertz CT molecular complexity index is 475. The zero-order valence-electron chi connectivity index (χ0n) is 7.90. The van der Waals surface area contributed by atoms with Crippen LogP contribution in [0.15, 0.2) is 43.0 Å². The highest BCUT2D eigenvalue weighted by Crippen LogP contribution is 2.18. The number of hydrogen-bond donors (Lipinski definition) is 1.